The van der Waals surface area contributed by atoms with Crippen molar-refractivity contribution in [3.05, 3.63) is 85.2 Å². The molecule has 8 nitrogen and oxygen atoms in total. The highest BCUT2D eigenvalue weighted by molar-refractivity contribution is 6.30. The Hall–Kier alpha value is -3.65. The maximum absolute atomic E-state index is 12.4. The van der Waals surface area contributed by atoms with Crippen molar-refractivity contribution >= 4 is 34.2 Å². The molecule has 1 aromatic carbocycles. The molecule has 0 aliphatic carbocycles. The van der Waals surface area contributed by atoms with Crippen LogP contribution in [0.25, 0.3) is 16.6 Å². The summed E-state index contributed by atoms with van der Waals surface area (Å²) in [4.78, 5) is 41.2. The Kier molecular flexibility index (Phi) is 5.96. The summed E-state index contributed by atoms with van der Waals surface area (Å²) in [5.74, 6) is 0.0677. The van der Waals surface area contributed by atoms with Gasteiger partial charge in [-0.05, 0) is 43.2 Å². The molecule has 3 heterocycles. The number of carbonyl (C=O) groups is 1. The molecule has 164 valence electrons. The van der Waals surface area contributed by atoms with Crippen molar-refractivity contribution < 1.29 is 18.7 Å². The molecular weight excluding hydrogens is 436 g/mol. The second-order valence-corrected chi connectivity index (χ2v) is 7.61. The van der Waals surface area contributed by atoms with E-state index in [1.807, 2.05) is 13.0 Å². The van der Waals surface area contributed by atoms with Crippen molar-refractivity contribution in [2.24, 2.45) is 0 Å². The van der Waals surface area contributed by atoms with Gasteiger partial charge in [-0.25, -0.2) is 9.78 Å². The van der Waals surface area contributed by atoms with Gasteiger partial charge in [-0.3, -0.25) is 14.0 Å². The van der Waals surface area contributed by atoms with E-state index in [4.69, 9.17) is 25.5 Å². The van der Waals surface area contributed by atoms with Crippen LogP contribution in [0.5, 0.6) is 5.75 Å². The molecule has 0 unspecified atom stereocenters. The molecule has 0 aliphatic rings. The molecule has 4 aromatic rings. The summed E-state index contributed by atoms with van der Waals surface area (Å²) in [6, 6.07) is 9.74. The molecule has 0 spiro atoms. The first-order valence-electron chi connectivity index (χ1n) is 9.79. The Morgan fingerprint density at radius 3 is 2.78 bits per heavy atom. The largest absolute Gasteiger partial charge is 0.497 e. The van der Waals surface area contributed by atoms with Crippen molar-refractivity contribution in [2.75, 3.05) is 7.11 Å². The van der Waals surface area contributed by atoms with Gasteiger partial charge in [0.15, 0.2) is 0 Å². The summed E-state index contributed by atoms with van der Waals surface area (Å²) in [5, 5.41) is 1.18. The van der Waals surface area contributed by atoms with Crippen LogP contribution in [0.2, 0.25) is 5.02 Å². The third-order valence-electron chi connectivity index (χ3n) is 5.13. The summed E-state index contributed by atoms with van der Waals surface area (Å²) in [7, 11) is 1.53. The molecule has 0 radical (unpaired) electrons. The van der Waals surface area contributed by atoms with Gasteiger partial charge in [0.05, 0.1) is 17.8 Å². The number of fused-ring (bicyclic) bond motifs is 2. The van der Waals surface area contributed by atoms with Crippen molar-refractivity contribution in [3.8, 4) is 5.75 Å². The smallest absolute Gasteiger partial charge is 0.339 e. The molecule has 0 aliphatic heterocycles. The first kappa shape index (κ1) is 21.6. The fraction of sp³-hybridized carbons (Fsp3) is 0.217. The molecule has 0 bridgehead atoms. The Morgan fingerprint density at radius 2 is 2.00 bits per heavy atom. The van der Waals surface area contributed by atoms with Gasteiger partial charge in [0.1, 0.15) is 23.6 Å². The van der Waals surface area contributed by atoms with Crippen LogP contribution < -0.4 is 15.9 Å². The van der Waals surface area contributed by atoms with E-state index in [-0.39, 0.29) is 25.0 Å². The van der Waals surface area contributed by atoms with Gasteiger partial charge < -0.3 is 13.9 Å². The van der Waals surface area contributed by atoms with E-state index in [2.05, 4.69) is 4.98 Å². The highest BCUT2D eigenvalue weighted by Gasteiger charge is 2.15. The second kappa shape index (κ2) is 8.84. The van der Waals surface area contributed by atoms with Crippen LogP contribution in [0.4, 0.5) is 0 Å². The van der Waals surface area contributed by atoms with Crippen molar-refractivity contribution in [2.45, 2.75) is 26.4 Å². The normalized spacial score (nSPS) is 11.1. The number of hydrogen-bond acceptors (Lipinski definition) is 7. The maximum atomic E-state index is 12.4. The molecule has 0 N–H and O–H groups in total. The van der Waals surface area contributed by atoms with Crippen molar-refractivity contribution in [1.82, 2.24) is 9.38 Å². The number of nitrogens with zero attached hydrogens (tertiary/aromatic N) is 2. The number of ether oxygens (including phenoxy) is 2. The summed E-state index contributed by atoms with van der Waals surface area (Å²) in [6.45, 7) is 1.66. The molecule has 0 fully saturated rings. The number of pyridine rings is 1. The molecule has 32 heavy (non-hydrogen) atoms. The number of benzene rings is 1. The standard InChI is InChI=1S/C23H19ClN2O6/c1-13-17-5-4-16(30-2)10-19(17)32-23(29)18(13)6-8-22(28)31-12-15-9-21(27)26-11-14(24)3-7-20(26)25-15/h3-5,7,9-11H,6,8,12H2,1-2H3. The van der Waals surface area contributed by atoms with Crippen LogP contribution in [0.3, 0.4) is 0 Å². The molecule has 0 saturated carbocycles. The van der Waals surface area contributed by atoms with Crippen LogP contribution in [0.15, 0.2) is 56.6 Å². The first-order chi connectivity index (χ1) is 15.4. The van der Waals surface area contributed by atoms with E-state index < -0.39 is 11.6 Å². The lowest BCUT2D eigenvalue weighted by Gasteiger charge is -2.09. The number of esters is 1. The number of rotatable bonds is 6. The van der Waals surface area contributed by atoms with E-state index in [0.29, 0.717) is 33.3 Å². The minimum atomic E-state index is -0.517. The lowest BCUT2D eigenvalue weighted by molar-refractivity contribution is -0.145. The average molecular weight is 455 g/mol. The zero-order valence-electron chi connectivity index (χ0n) is 17.4. The molecule has 9 heteroatoms. The Balaban J connectivity index is 1.45. The molecule has 0 amide bonds. The second-order valence-electron chi connectivity index (χ2n) is 7.18. The number of aryl methyl sites for hydroxylation is 1. The number of aromatic nitrogens is 2. The van der Waals surface area contributed by atoms with Gasteiger partial charge >= 0.3 is 11.6 Å². The zero-order valence-corrected chi connectivity index (χ0v) is 18.1. The summed E-state index contributed by atoms with van der Waals surface area (Å²) in [5.41, 5.74) is 1.47. The van der Waals surface area contributed by atoms with Gasteiger partial charge in [0.2, 0.25) is 0 Å². The number of halogens is 1. The van der Waals surface area contributed by atoms with E-state index in [9.17, 15) is 14.4 Å². The highest BCUT2D eigenvalue weighted by Crippen LogP contribution is 2.24. The quantitative estimate of drug-likeness (QED) is 0.325. The minimum absolute atomic E-state index is 0.0184. The van der Waals surface area contributed by atoms with Gasteiger partial charge in [-0.15, -0.1) is 0 Å². The van der Waals surface area contributed by atoms with Crippen LogP contribution in [-0.2, 0) is 22.6 Å². The van der Waals surface area contributed by atoms with E-state index >= 15 is 0 Å². The minimum Gasteiger partial charge on any atom is -0.497 e. The van der Waals surface area contributed by atoms with E-state index in [1.165, 1.54) is 23.8 Å². The van der Waals surface area contributed by atoms with E-state index in [1.54, 1.807) is 24.3 Å². The van der Waals surface area contributed by atoms with Crippen LogP contribution in [0.1, 0.15) is 23.2 Å². The monoisotopic (exact) mass is 454 g/mol. The van der Waals surface area contributed by atoms with Gasteiger partial charge in [0.25, 0.3) is 5.56 Å². The first-order valence-corrected chi connectivity index (χ1v) is 10.2. The SMILES string of the molecule is COc1ccc2c(C)c(CCC(=O)OCc3cc(=O)n4cc(Cl)ccc4n3)c(=O)oc2c1. The molecule has 4 rings (SSSR count). The third kappa shape index (κ3) is 4.36. The predicted molar refractivity (Wildman–Crippen MR) is 118 cm³/mol. The van der Waals surface area contributed by atoms with Gasteiger partial charge in [0, 0.05) is 35.7 Å². The third-order valence-corrected chi connectivity index (χ3v) is 5.35. The topological polar surface area (TPSA) is 100 Å². The highest BCUT2D eigenvalue weighted by atomic mass is 35.5. The van der Waals surface area contributed by atoms with Gasteiger partial charge in [-0.1, -0.05) is 11.6 Å². The molecule has 3 aromatic heterocycles. The fourth-order valence-corrected chi connectivity index (χ4v) is 3.60. The predicted octanol–water partition coefficient (Wildman–Crippen LogP) is 3.45. The Morgan fingerprint density at radius 1 is 1.19 bits per heavy atom. The number of methoxy groups -OCH3 is 1. The Bertz CT molecular complexity index is 1460. The van der Waals surface area contributed by atoms with Crippen LogP contribution in [0, 0.1) is 6.92 Å². The summed E-state index contributed by atoms with van der Waals surface area (Å²) >= 11 is 5.90. The number of carbonyl (C=O) groups excluding carboxylic acids is 1. The summed E-state index contributed by atoms with van der Waals surface area (Å²) in [6.07, 6.45) is 1.62. The Labute approximate surface area is 187 Å². The molecule has 0 saturated heterocycles. The average Bonchev–Trinajstić information content (AvgIpc) is 2.77. The number of hydrogen-bond donors (Lipinski definition) is 0. The molecule has 0 atom stereocenters. The maximum Gasteiger partial charge on any atom is 0.339 e. The van der Waals surface area contributed by atoms with Crippen molar-refractivity contribution in [3.63, 3.8) is 0 Å². The lowest BCUT2D eigenvalue weighted by Crippen LogP contribution is -2.17. The summed E-state index contributed by atoms with van der Waals surface area (Å²) < 4.78 is 17.1. The van der Waals surface area contributed by atoms with Crippen LogP contribution >= 0.6 is 11.6 Å². The van der Waals surface area contributed by atoms with Crippen LogP contribution in [-0.4, -0.2) is 22.5 Å². The molecular formula is C23H19ClN2O6. The zero-order chi connectivity index (χ0) is 22.8. The van der Waals surface area contributed by atoms with Gasteiger partial charge in [-0.2, -0.15) is 0 Å². The van der Waals surface area contributed by atoms with Crippen molar-refractivity contribution in [1.29, 1.82) is 0 Å². The fourth-order valence-electron chi connectivity index (χ4n) is 3.44. The lowest BCUT2D eigenvalue weighted by atomic mass is 10.0. The van der Waals surface area contributed by atoms with E-state index in [0.717, 1.165) is 10.9 Å².